The number of furan rings is 1. The van der Waals surface area contributed by atoms with Crippen molar-refractivity contribution < 1.29 is 32.7 Å². The summed E-state index contributed by atoms with van der Waals surface area (Å²) in [5.41, 5.74) is 0.719. The van der Waals surface area contributed by atoms with Crippen molar-refractivity contribution in [1.29, 1.82) is 0 Å². The van der Waals surface area contributed by atoms with Crippen LogP contribution in [0.25, 0.3) is 0 Å². The van der Waals surface area contributed by atoms with Gasteiger partial charge in [-0.05, 0) is 61.2 Å². The third-order valence-electron chi connectivity index (χ3n) is 5.84. The highest BCUT2D eigenvalue weighted by Gasteiger charge is 2.28. The van der Waals surface area contributed by atoms with Crippen molar-refractivity contribution in [1.82, 2.24) is 5.32 Å². The van der Waals surface area contributed by atoms with Crippen molar-refractivity contribution in [2.24, 2.45) is 5.92 Å². The molecule has 9 heteroatoms. The standard InChI is InChI=1S/C26H23FN2O6/c27-18-2-1-3-19(11-18)33-14-22(30)17-6-8-23-21(10-17)29(25(31)15-34-23)13-20-7-9-24(35-20)26(32)28-12-16-4-5-16/h1-3,6-11,16H,4-5,12-15H2,(H,28,32). The summed E-state index contributed by atoms with van der Waals surface area (Å²) in [6.07, 6.45) is 2.26. The molecule has 35 heavy (non-hydrogen) atoms. The number of Topliss-reactive ketones (excluding diaryl/α,β-unsaturated/α-hetero) is 1. The monoisotopic (exact) mass is 478 g/mol. The Morgan fingerprint density at radius 3 is 2.77 bits per heavy atom. The van der Waals surface area contributed by atoms with Gasteiger partial charge in [-0.3, -0.25) is 19.3 Å². The smallest absolute Gasteiger partial charge is 0.287 e. The quantitative estimate of drug-likeness (QED) is 0.471. The predicted octanol–water partition coefficient (Wildman–Crippen LogP) is 3.75. The number of benzene rings is 2. The number of carbonyl (C=O) groups excluding carboxylic acids is 3. The number of hydrogen-bond acceptors (Lipinski definition) is 6. The van der Waals surface area contributed by atoms with Gasteiger partial charge in [0.1, 0.15) is 23.1 Å². The number of fused-ring (bicyclic) bond motifs is 1. The number of nitrogens with one attached hydrogen (secondary N) is 1. The Morgan fingerprint density at radius 1 is 1.11 bits per heavy atom. The van der Waals surface area contributed by atoms with Crippen molar-refractivity contribution in [2.45, 2.75) is 19.4 Å². The molecule has 1 aliphatic carbocycles. The van der Waals surface area contributed by atoms with E-state index in [9.17, 15) is 18.8 Å². The Labute approximate surface area is 200 Å². The Hall–Kier alpha value is -4.14. The molecule has 2 heterocycles. The van der Waals surface area contributed by atoms with Gasteiger partial charge in [0.2, 0.25) is 0 Å². The van der Waals surface area contributed by atoms with Crippen LogP contribution >= 0.6 is 0 Å². The minimum atomic E-state index is -0.462. The summed E-state index contributed by atoms with van der Waals surface area (Å²) in [5, 5.41) is 2.85. The van der Waals surface area contributed by atoms with Crippen LogP contribution in [0, 0.1) is 11.7 Å². The van der Waals surface area contributed by atoms with Crippen LogP contribution < -0.4 is 19.7 Å². The summed E-state index contributed by atoms with van der Waals surface area (Å²) < 4.78 is 29.9. The average molecular weight is 478 g/mol. The first-order chi connectivity index (χ1) is 17.0. The van der Waals surface area contributed by atoms with Crippen molar-refractivity contribution in [3.05, 3.63) is 77.5 Å². The van der Waals surface area contributed by atoms with Crippen molar-refractivity contribution >= 4 is 23.3 Å². The van der Waals surface area contributed by atoms with Gasteiger partial charge < -0.3 is 19.2 Å². The van der Waals surface area contributed by atoms with E-state index in [0.717, 1.165) is 12.8 Å². The lowest BCUT2D eigenvalue weighted by Crippen LogP contribution is -2.38. The summed E-state index contributed by atoms with van der Waals surface area (Å²) in [6, 6.07) is 13.5. The van der Waals surface area contributed by atoms with Crippen LogP contribution in [0.5, 0.6) is 11.5 Å². The molecule has 0 radical (unpaired) electrons. The van der Waals surface area contributed by atoms with E-state index in [1.165, 1.54) is 23.1 Å². The van der Waals surface area contributed by atoms with E-state index in [1.807, 2.05) is 0 Å². The van der Waals surface area contributed by atoms with Crippen LogP contribution in [0.2, 0.25) is 0 Å². The molecule has 3 aromatic rings. The number of carbonyl (C=O) groups is 3. The summed E-state index contributed by atoms with van der Waals surface area (Å²) in [4.78, 5) is 39.1. The van der Waals surface area contributed by atoms with Gasteiger partial charge in [-0.1, -0.05) is 6.07 Å². The molecule has 180 valence electrons. The highest BCUT2D eigenvalue weighted by molar-refractivity contribution is 6.02. The maximum atomic E-state index is 13.3. The SMILES string of the molecule is O=C(COc1cccc(F)c1)c1ccc2c(c1)N(Cc1ccc(C(=O)NCC3CC3)o1)C(=O)CO2. The molecule has 0 bridgehead atoms. The van der Waals surface area contributed by atoms with Crippen molar-refractivity contribution in [3.63, 3.8) is 0 Å². The number of ether oxygens (including phenoxy) is 2. The first-order valence-corrected chi connectivity index (χ1v) is 11.3. The predicted molar refractivity (Wildman–Crippen MR) is 123 cm³/mol. The molecular formula is C26H23FN2O6. The lowest BCUT2D eigenvalue weighted by molar-refractivity contribution is -0.121. The first kappa shape index (κ1) is 22.6. The van der Waals surface area contributed by atoms with Gasteiger partial charge in [-0.2, -0.15) is 0 Å². The fourth-order valence-corrected chi connectivity index (χ4v) is 3.72. The van der Waals surface area contributed by atoms with Gasteiger partial charge in [0.15, 0.2) is 24.8 Å². The zero-order valence-corrected chi connectivity index (χ0v) is 18.8. The van der Waals surface area contributed by atoms with Crippen LogP contribution in [-0.4, -0.2) is 37.4 Å². The fourth-order valence-electron chi connectivity index (χ4n) is 3.72. The number of amides is 2. The summed E-state index contributed by atoms with van der Waals surface area (Å²) >= 11 is 0. The second kappa shape index (κ2) is 9.61. The molecule has 1 aromatic heterocycles. The number of ketones is 1. The molecule has 1 N–H and O–H groups in total. The highest BCUT2D eigenvalue weighted by atomic mass is 19.1. The number of anilines is 1. The number of hydrogen-bond donors (Lipinski definition) is 1. The molecule has 2 aromatic carbocycles. The van der Waals surface area contributed by atoms with Gasteiger partial charge in [0.25, 0.3) is 11.8 Å². The number of nitrogens with zero attached hydrogens (tertiary/aromatic N) is 1. The molecule has 0 unspecified atom stereocenters. The van der Waals surface area contributed by atoms with Gasteiger partial charge in [-0.25, -0.2) is 4.39 Å². The second-order valence-electron chi connectivity index (χ2n) is 8.54. The van der Waals surface area contributed by atoms with Crippen molar-refractivity contribution in [2.75, 3.05) is 24.7 Å². The van der Waals surface area contributed by atoms with E-state index in [4.69, 9.17) is 13.9 Å². The third kappa shape index (κ3) is 5.34. The van der Waals surface area contributed by atoms with Crippen LogP contribution in [0.15, 0.2) is 59.0 Å². The van der Waals surface area contributed by atoms with E-state index < -0.39 is 5.82 Å². The summed E-state index contributed by atoms with van der Waals surface area (Å²) in [5.74, 6) is 0.435. The van der Waals surface area contributed by atoms with E-state index >= 15 is 0 Å². The highest BCUT2D eigenvalue weighted by Crippen LogP contribution is 2.34. The molecule has 0 atom stereocenters. The van der Waals surface area contributed by atoms with Gasteiger partial charge in [-0.15, -0.1) is 0 Å². The Morgan fingerprint density at radius 2 is 1.97 bits per heavy atom. The Balaban J connectivity index is 1.29. The largest absolute Gasteiger partial charge is 0.485 e. The Kier molecular flexibility index (Phi) is 6.22. The third-order valence-corrected chi connectivity index (χ3v) is 5.84. The zero-order valence-electron chi connectivity index (χ0n) is 18.8. The molecule has 2 aliphatic rings. The van der Waals surface area contributed by atoms with Crippen LogP contribution in [-0.2, 0) is 11.3 Å². The van der Waals surface area contributed by atoms with Crippen LogP contribution in [0.3, 0.4) is 0 Å². The van der Waals surface area contributed by atoms with Crippen LogP contribution in [0.4, 0.5) is 10.1 Å². The molecule has 0 saturated heterocycles. The number of halogens is 1. The van der Waals surface area contributed by atoms with E-state index in [2.05, 4.69) is 5.32 Å². The molecule has 2 amide bonds. The average Bonchev–Trinajstić information content (AvgIpc) is 3.58. The zero-order chi connectivity index (χ0) is 24.4. The fraction of sp³-hybridized carbons (Fsp3) is 0.269. The molecule has 1 fully saturated rings. The minimum absolute atomic E-state index is 0.0720. The molecule has 5 rings (SSSR count). The summed E-state index contributed by atoms with van der Waals surface area (Å²) in [6.45, 7) is 0.249. The summed E-state index contributed by atoms with van der Waals surface area (Å²) in [7, 11) is 0. The molecule has 0 spiro atoms. The molecule has 1 saturated carbocycles. The number of rotatable bonds is 9. The van der Waals surface area contributed by atoms with Crippen molar-refractivity contribution in [3.8, 4) is 11.5 Å². The lowest BCUT2D eigenvalue weighted by atomic mass is 10.1. The van der Waals surface area contributed by atoms with Gasteiger partial charge in [0, 0.05) is 18.2 Å². The first-order valence-electron chi connectivity index (χ1n) is 11.3. The minimum Gasteiger partial charge on any atom is -0.485 e. The van der Waals surface area contributed by atoms with E-state index in [1.54, 1.807) is 36.4 Å². The van der Waals surface area contributed by atoms with Gasteiger partial charge >= 0.3 is 0 Å². The molecule has 8 nitrogen and oxygen atoms in total. The lowest BCUT2D eigenvalue weighted by Gasteiger charge is -2.29. The van der Waals surface area contributed by atoms with Crippen LogP contribution in [0.1, 0.15) is 39.5 Å². The van der Waals surface area contributed by atoms with E-state index in [-0.39, 0.29) is 48.9 Å². The topological polar surface area (TPSA) is 98.1 Å². The molecule has 1 aliphatic heterocycles. The van der Waals surface area contributed by atoms with E-state index in [0.29, 0.717) is 35.2 Å². The second-order valence-corrected chi connectivity index (χ2v) is 8.54. The van der Waals surface area contributed by atoms with Gasteiger partial charge in [0.05, 0.1) is 12.2 Å². The molecular weight excluding hydrogens is 455 g/mol. The maximum Gasteiger partial charge on any atom is 0.287 e. The Bertz CT molecular complexity index is 1280. The maximum absolute atomic E-state index is 13.3. The normalized spacial score (nSPS) is 14.8.